The van der Waals surface area contributed by atoms with Crippen molar-refractivity contribution in [2.75, 3.05) is 37.4 Å². The van der Waals surface area contributed by atoms with Crippen molar-refractivity contribution >= 4 is 23.5 Å². The highest BCUT2D eigenvalue weighted by molar-refractivity contribution is 5.76. The van der Waals surface area contributed by atoms with Crippen LogP contribution in [0, 0.1) is 0 Å². The molecule has 0 aliphatic carbocycles. The Hall–Kier alpha value is -2.05. The van der Waals surface area contributed by atoms with Gasteiger partial charge in [0.1, 0.15) is 11.6 Å². The molecule has 0 fully saturated rings. The predicted octanol–water partition coefficient (Wildman–Crippen LogP) is -0.469. The maximum absolute atomic E-state index is 11.3. The first kappa shape index (κ1) is 12.0. The Balaban J connectivity index is 2.46. The molecule has 1 rings (SSSR count). The maximum Gasteiger partial charge on any atom is 0.223 e. The minimum Gasteiger partial charge on any atom is -0.383 e. The van der Waals surface area contributed by atoms with Crippen LogP contribution in [0.1, 0.15) is 6.42 Å². The molecular weight excluding hydrogens is 208 g/mol. The summed E-state index contributed by atoms with van der Waals surface area (Å²) in [6, 6.07) is 1.57. The fraction of sp³-hybridized carbons (Fsp3) is 0.444. The molecule has 0 unspecified atom stereocenters. The largest absolute Gasteiger partial charge is 0.383 e. The van der Waals surface area contributed by atoms with Crippen LogP contribution in [-0.2, 0) is 4.79 Å². The van der Waals surface area contributed by atoms with Gasteiger partial charge >= 0.3 is 0 Å². The second-order valence-electron chi connectivity index (χ2n) is 3.50. The van der Waals surface area contributed by atoms with Crippen LogP contribution in [0.4, 0.5) is 17.6 Å². The number of hydrogen-bond donors (Lipinski definition) is 3. The molecule has 7 heteroatoms. The lowest BCUT2D eigenvalue weighted by atomic mass is 10.4. The van der Waals surface area contributed by atoms with E-state index in [9.17, 15) is 4.79 Å². The summed E-state index contributed by atoms with van der Waals surface area (Å²) < 4.78 is 0. The van der Waals surface area contributed by atoms with Crippen LogP contribution in [0.25, 0.3) is 0 Å². The number of anilines is 3. The van der Waals surface area contributed by atoms with E-state index in [2.05, 4.69) is 15.3 Å². The molecule has 16 heavy (non-hydrogen) atoms. The second kappa shape index (κ2) is 5.15. The van der Waals surface area contributed by atoms with Crippen LogP contribution in [0.5, 0.6) is 0 Å². The summed E-state index contributed by atoms with van der Waals surface area (Å²) in [6.45, 7) is 0.479. The van der Waals surface area contributed by atoms with Crippen LogP contribution in [-0.4, -0.2) is 41.4 Å². The van der Waals surface area contributed by atoms with E-state index in [1.165, 1.54) is 4.90 Å². The van der Waals surface area contributed by atoms with Gasteiger partial charge in [0.25, 0.3) is 0 Å². The summed E-state index contributed by atoms with van der Waals surface area (Å²) in [4.78, 5) is 20.5. The van der Waals surface area contributed by atoms with Gasteiger partial charge in [-0.3, -0.25) is 4.79 Å². The Morgan fingerprint density at radius 2 is 2.12 bits per heavy atom. The number of hydrogen-bond acceptors (Lipinski definition) is 6. The lowest BCUT2D eigenvalue weighted by Crippen LogP contribution is -2.24. The molecule has 0 radical (unpaired) electrons. The van der Waals surface area contributed by atoms with Crippen molar-refractivity contribution < 1.29 is 4.79 Å². The lowest BCUT2D eigenvalue weighted by molar-refractivity contribution is -0.128. The number of nitrogens with two attached hydrogens (primary N) is 2. The minimum atomic E-state index is 0.0440. The van der Waals surface area contributed by atoms with Crippen molar-refractivity contribution in [2.24, 2.45) is 0 Å². The minimum absolute atomic E-state index is 0.0440. The normalized spacial score (nSPS) is 9.88. The van der Waals surface area contributed by atoms with Crippen LogP contribution in [0.2, 0.25) is 0 Å². The van der Waals surface area contributed by atoms with Crippen molar-refractivity contribution in [1.29, 1.82) is 0 Å². The molecule has 0 spiro atoms. The van der Waals surface area contributed by atoms with E-state index >= 15 is 0 Å². The molecule has 0 aliphatic heterocycles. The summed E-state index contributed by atoms with van der Waals surface area (Å²) in [5.74, 6) is 0.981. The van der Waals surface area contributed by atoms with Crippen molar-refractivity contribution in [3.8, 4) is 0 Å². The number of carbonyl (C=O) groups excluding carboxylic acids is 1. The molecule has 0 atom stereocenters. The third-order valence-electron chi connectivity index (χ3n) is 1.91. The van der Waals surface area contributed by atoms with Crippen molar-refractivity contribution in [3.63, 3.8) is 0 Å². The summed E-state index contributed by atoms with van der Waals surface area (Å²) in [5.41, 5.74) is 10.9. The molecule has 1 aromatic heterocycles. The van der Waals surface area contributed by atoms with E-state index in [-0.39, 0.29) is 11.9 Å². The number of nitrogens with zero attached hydrogens (tertiary/aromatic N) is 3. The number of nitrogen functional groups attached to an aromatic ring is 2. The summed E-state index contributed by atoms with van der Waals surface area (Å²) in [7, 11) is 3.42. The maximum atomic E-state index is 11.3. The third kappa shape index (κ3) is 3.60. The standard InChI is InChI=1S/C9H16N6O/c1-15(2)8(16)3-4-12-7-5-6(10)13-9(11)14-7/h5H,3-4H2,1-2H3,(H5,10,11,12,13,14). The molecule has 0 aromatic carbocycles. The molecule has 7 nitrogen and oxygen atoms in total. The highest BCUT2D eigenvalue weighted by Gasteiger charge is 2.04. The summed E-state index contributed by atoms with van der Waals surface area (Å²) in [6.07, 6.45) is 0.386. The molecule has 1 aromatic rings. The van der Waals surface area contributed by atoms with Gasteiger partial charge in [-0.1, -0.05) is 0 Å². The van der Waals surface area contributed by atoms with E-state index in [1.54, 1.807) is 20.2 Å². The monoisotopic (exact) mass is 224 g/mol. The molecule has 0 aliphatic rings. The topological polar surface area (TPSA) is 110 Å². The first-order valence-corrected chi connectivity index (χ1v) is 4.83. The number of aromatic nitrogens is 2. The second-order valence-corrected chi connectivity index (χ2v) is 3.50. The quantitative estimate of drug-likeness (QED) is 0.637. The first-order valence-electron chi connectivity index (χ1n) is 4.83. The number of carbonyl (C=O) groups is 1. The van der Waals surface area contributed by atoms with Crippen LogP contribution in [0.15, 0.2) is 6.07 Å². The van der Waals surface area contributed by atoms with Gasteiger partial charge in [0.15, 0.2) is 0 Å². The Morgan fingerprint density at radius 1 is 1.44 bits per heavy atom. The average molecular weight is 224 g/mol. The fourth-order valence-electron chi connectivity index (χ4n) is 1.10. The molecular formula is C9H16N6O. The lowest BCUT2D eigenvalue weighted by Gasteiger charge is -2.11. The van der Waals surface area contributed by atoms with E-state index in [0.29, 0.717) is 24.6 Å². The molecule has 0 saturated heterocycles. The highest BCUT2D eigenvalue weighted by atomic mass is 16.2. The van der Waals surface area contributed by atoms with Gasteiger partial charge in [0.05, 0.1) is 0 Å². The molecule has 5 N–H and O–H groups in total. The smallest absolute Gasteiger partial charge is 0.223 e. The van der Waals surface area contributed by atoms with Crippen LogP contribution < -0.4 is 16.8 Å². The van der Waals surface area contributed by atoms with Crippen LogP contribution in [0.3, 0.4) is 0 Å². The molecule has 0 bridgehead atoms. The van der Waals surface area contributed by atoms with E-state index in [4.69, 9.17) is 11.5 Å². The zero-order valence-corrected chi connectivity index (χ0v) is 9.40. The Morgan fingerprint density at radius 3 is 2.69 bits per heavy atom. The fourth-order valence-corrected chi connectivity index (χ4v) is 1.10. The van der Waals surface area contributed by atoms with Gasteiger partial charge in [0.2, 0.25) is 11.9 Å². The Kier molecular flexibility index (Phi) is 3.87. The first-order chi connectivity index (χ1) is 7.49. The van der Waals surface area contributed by atoms with Crippen molar-refractivity contribution in [1.82, 2.24) is 14.9 Å². The predicted molar refractivity (Wildman–Crippen MR) is 62.7 cm³/mol. The SMILES string of the molecule is CN(C)C(=O)CCNc1cc(N)nc(N)n1. The van der Waals surface area contributed by atoms with Gasteiger partial charge in [-0.05, 0) is 0 Å². The summed E-state index contributed by atoms with van der Waals surface area (Å²) in [5, 5.41) is 2.95. The van der Waals surface area contributed by atoms with Crippen LogP contribution >= 0.6 is 0 Å². The van der Waals surface area contributed by atoms with E-state index < -0.39 is 0 Å². The zero-order valence-electron chi connectivity index (χ0n) is 9.40. The molecule has 88 valence electrons. The van der Waals surface area contributed by atoms with Crippen molar-refractivity contribution in [2.45, 2.75) is 6.42 Å². The van der Waals surface area contributed by atoms with E-state index in [0.717, 1.165) is 0 Å². The Bertz CT molecular complexity index is 358. The van der Waals surface area contributed by atoms with E-state index in [1.807, 2.05) is 0 Å². The van der Waals surface area contributed by atoms with Gasteiger partial charge in [-0.2, -0.15) is 9.97 Å². The molecule has 0 saturated carbocycles. The number of rotatable bonds is 4. The zero-order chi connectivity index (χ0) is 12.1. The van der Waals surface area contributed by atoms with Gasteiger partial charge in [-0.25, -0.2) is 0 Å². The molecule has 1 heterocycles. The van der Waals surface area contributed by atoms with Crippen molar-refractivity contribution in [3.05, 3.63) is 6.07 Å². The Labute approximate surface area is 93.8 Å². The highest BCUT2D eigenvalue weighted by Crippen LogP contribution is 2.08. The number of amides is 1. The van der Waals surface area contributed by atoms with Gasteiger partial charge in [-0.15, -0.1) is 0 Å². The average Bonchev–Trinajstić information content (AvgIpc) is 2.15. The van der Waals surface area contributed by atoms with Gasteiger partial charge in [0, 0.05) is 33.1 Å². The third-order valence-corrected chi connectivity index (χ3v) is 1.91. The van der Waals surface area contributed by atoms with Gasteiger partial charge < -0.3 is 21.7 Å². The molecule has 1 amide bonds. The number of nitrogens with one attached hydrogen (secondary N) is 1. The summed E-state index contributed by atoms with van der Waals surface area (Å²) >= 11 is 0.